The maximum absolute atomic E-state index is 12.2. The third-order valence-corrected chi connectivity index (χ3v) is 5.43. The van der Waals surface area contributed by atoms with E-state index in [1.54, 1.807) is 23.4 Å². The summed E-state index contributed by atoms with van der Waals surface area (Å²) in [7, 11) is 0. The van der Waals surface area contributed by atoms with Crippen LogP contribution in [-0.2, 0) is 6.54 Å². The molecule has 0 amide bonds. The SMILES string of the molecule is O=c1ccc(C2CC2)nn1CC1CCN(c2ncnc3nc[nH]c23)CC1. The highest BCUT2D eigenvalue weighted by Gasteiger charge is 2.27. The van der Waals surface area contributed by atoms with Crippen molar-refractivity contribution in [2.45, 2.75) is 38.1 Å². The number of piperidine rings is 1. The summed E-state index contributed by atoms with van der Waals surface area (Å²) in [6.45, 7) is 2.52. The van der Waals surface area contributed by atoms with Gasteiger partial charge in [0.2, 0.25) is 0 Å². The van der Waals surface area contributed by atoms with Gasteiger partial charge in [-0.25, -0.2) is 19.6 Å². The van der Waals surface area contributed by atoms with E-state index in [4.69, 9.17) is 0 Å². The molecule has 5 rings (SSSR count). The van der Waals surface area contributed by atoms with E-state index in [1.807, 2.05) is 6.07 Å². The van der Waals surface area contributed by atoms with Crippen molar-refractivity contribution in [2.75, 3.05) is 18.0 Å². The van der Waals surface area contributed by atoms with Crippen molar-refractivity contribution in [3.63, 3.8) is 0 Å². The number of H-pyrrole nitrogens is 1. The van der Waals surface area contributed by atoms with E-state index >= 15 is 0 Å². The fraction of sp³-hybridized carbons (Fsp3) is 0.500. The predicted octanol–water partition coefficient (Wildman–Crippen LogP) is 1.70. The van der Waals surface area contributed by atoms with Gasteiger partial charge in [-0.1, -0.05) is 0 Å². The first-order chi connectivity index (χ1) is 12.8. The summed E-state index contributed by atoms with van der Waals surface area (Å²) in [6.07, 6.45) is 7.65. The minimum absolute atomic E-state index is 0.00629. The van der Waals surface area contributed by atoms with Crippen LogP contribution in [-0.4, -0.2) is 42.8 Å². The van der Waals surface area contributed by atoms with E-state index in [2.05, 4.69) is 29.9 Å². The second-order valence-corrected chi connectivity index (χ2v) is 7.28. The summed E-state index contributed by atoms with van der Waals surface area (Å²) in [5.41, 5.74) is 2.67. The van der Waals surface area contributed by atoms with E-state index in [-0.39, 0.29) is 5.56 Å². The number of nitrogens with one attached hydrogen (secondary N) is 1. The Bertz CT molecular complexity index is 982. The average Bonchev–Trinajstić information content (AvgIpc) is 3.40. The van der Waals surface area contributed by atoms with Crippen LogP contribution in [0.5, 0.6) is 0 Å². The smallest absolute Gasteiger partial charge is 0.266 e. The van der Waals surface area contributed by atoms with E-state index in [1.165, 1.54) is 12.8 Å². The van der Waals surface area contributed by atoms with E-state index in [9.17, 15) is 4.79 Å². The first-order valence-electron chi connectivity index (χ1n) is 9.25. The van der Waals surface area contributed by atoms with Crippen LogP contribution >= 0.6 is 0 Å². The Kier molecular flexibility index (Phi) is 3.69. The van der Waals surface area contributed by atoms with Crippen molar-refractivity contribution >= 4 is 17.0 Å². The molecule has 0 aromatic carbocycles. The Hall–Kier alpha value is -2.77. The number of nitrogens with zero attached hydrogens (tertiary/aromatic N) is 6. The van der Waals surface area contributed by atoms with Crippen molar-refractivity contribution in [1.29, 1.82) is 0 Å². The zero-order chi connectivity index (χ0) is 17.5. The van der Waals surface area contributed by atoms with Gasteiger partial charge in [-0.15, -0.1) is 0 Å². The summed E-state index contributed by atoms with van der Waals surface area (Å²) < 4.78 is 1.67. The largest absolute Gasteiger partial charge is 0.355 e. The first-order valence-corrected chi connectivity index (χ1v) is 9.25. The second-order valence-electron chi connectivity index (χ2n) is 7.28. The van der Waals surface area contributed by atoms with Crippen molar-refractivity contribution in [1.82, 2.24) is 29.7 Å². The zero-order valence-electron chi connectivity index (χ0n) is 14.5. The van der Waals surface area contributed by atoms with Gasteiger partial charge in [0.1, 0.15) is 11.8 Å². The van der Waals surface area contributed by atoms with Gasteiger partial charge in [-0.05, 0) is 37.7 Å². The molecule has 0 bridgehead atoms. The Morgan fingerprint density at radius 1 is 1.08 bits per heavy atom. The van der Waals surface area contributed by atoms with Gasteiger partial charge >= 0.3 is 0 Å². The molecule has 8 nitrogen and oxygen atoms in total. The Balaban J connectivity index is 1.28. The highest BCUT2D eigenvalue weighted by molar-refractivity contribution is 5.82. The molecule has 2 aliphatic rings. The summed E-state index contributed by atoms with van der Waals surface area (Å²) in [6, 6.07) is 3.56. The lowest BCUT2D eigenvalue weighted by atomic mass is 9.97. The molecule has 1 saturated carbocycles. The van der Waals surface area contributed by atoms with Crippen molar-refractivity contribution < 1.29 is 0 Å². The van der Waals surface area contributed by atoms with Crippen LogP contribution < -0.4 is 10.5 Å². The third kappa shape index (κ3) is 2.85. The molecule has 1 saturated heterocycles. The fourth-order valence-electron chi connectivity index (χ4n) is 3.76. The summed E-state index contributed by atoms with van der Waals surface area (Å²) in [5.74, 6) is 1.94. The molecule has 1 aliphatic heterocycles. The van der Waals surface area contributed by atoms with Crippen LogP contribution in [0.4, 0.5) is 5.82 Å². The van der Waals surface area contributed by atoms with Gasteiger partial charge in [0, 0.05) is 31.6 Å². The minimum Gasteiger partial charge on any atom is -0.355 e. The topological polar surface area (TPSA) is 92.6 Å². The molecular weight excluding hydrogens is 330 g/mol. The molecule has 4 heterocycles. The second kappa shape index (κ2) is 6.19. The van der Waals surface area contributed by atoms with Gasteiger partial charge in [-0.2, -0.15) is 5.10 Å². The van der Waals surface area contributed by atoms with Gasteiger partial charge in [-0.3, -0.25) is 4.79 Å². The van der Waals surface area contributed by atoms with E-state index in [0.29, 0.717) is 24.0 Å². The highest BCUT2D eigenvalue weighted by atomic mass is 16.1. The molecule has 134 valence electrons. The standard InChI is InChI=1S/C18H21N7O/c26-15-4-3-14(13-1-2-13)23-25(15)9-12-5-7-24(8-6-12)18-16-17(20-10-19-16)21-11-22-18/h3-4,10-13H,1-2,5-9H2,(H,19,20,21,22). The fourth-order valence-corrected chi connectivity index (χ4v) is 3.76. The quantitative estimate of drug-likeness (QED) is 0.769. The predicted molar refractivity (Wildman–Crippen MR) is 97.1 cm³/mol. The maximum Gasteiger partial charge on any atom is 0.266 e. The number of aromatic nitrogens is 6. The number of hydrogen-bond acceptors (Lipinski definition) is 6. The Morgan fingerprint density at radius 2 is 1.92 bits per heavy atom. The first kappa shape index (κ1) is 15.5. The molecule has 1 aliphatic carbocycles. The van der Waals surface area contributed by atoms with E-state index < -0.39 is 0 Å². The maximum atomic E-state index is 12.2. The average molecular weight is 351 g/mol. The van der Waals surface area contributed by atoms with Gasteiger partial charge in [0.25, 0.3) is 5.56 Å². The highest BCUT2D eigenvalue weighted by Crippen LogP contribution is 2.38. The van der Waals surface area contributed by atoms with Gasteiger partial charge in [0.15, 0.2) is 11.5 Å². The molecule has 0 unspecified atom stereocenters. The number of fused-ring (bicyclic) bond motifs is 1. The molecule has 2 fully saturated rings. The monoisotopic (exact) mass is 351 g/mol. The molecule has 26 heavy (non-hydrogen) atoms. The molecule has 0 radical (unpaired) electrons. The summed E-state index contributed by atoms with van der Waals surface area (Å²) in [5, 5.41) is 4.60. The third-order valence-electron chi connectivity index (χ3n) is 5.43. The van der Waals surface area contributed by atoms with Gasteiger partial charge < -0.3 is 9.88 Å². The molecule has 8 heteroatoms. The van der Waals surface area contributed by atoms with Crippen LogP contribution in [0.25, 0.3) is 11.2 Å². The molecule has 3 aromatic heterocycles. The van der Waals surface area contributed by atoms with E-state index in [0.717, 1.165) is 43.0 Å². The van der Waals surface area contributed by atoms with Crippen molar-refractivity contribution in [3.05, 3.63) is 40.8 Å². The molecule has 0 atom stereocenters. The van der Waals surface area contributed by atoms with Crippen LogP contribution in [0.3, 0.4) is 0 Å². The lowest BCUT2D eigenvalue weighted by Crippen LogP contribution is -2.37. The lowest BCUT2D eigenvalue weighted by Gasteiger charge is -2.32. The molecular formula is C18H21N7O. The molecule has 1 N–H and O–H groups in total. The summed E-state index contributed by atoms with van der Waals surface area (Å²) in [4.78, 5) is 30.4. The van der Waals surface area contributed by atoms with Crippen LogP contribution in [0.2, 0.25) is 0 Å². The number of imidazole rings is 1. The molecule has 0 spiro atoms. The Morgan fingerprint density at radius 3 is 2.73 bits per heavy atom. The Labute approximate surface area is 150 Å². The van der Waals surface area contributed by atoms with Crippen LogP contribution in [0.15, 0.2) is 29.6 Å². The molecule has 3 aromatic rings. The minimum atomic E-state index is 0.00629. The van der Waals surface area contributed by atoms with Crippen molar-refractivity contribution in [3.8, 4) is 0 Å². The van der Waals surface area contributed by atoms with Crippen molar-refractivity contribution in [2.24, 2.45) is 5.92 Å². The number of rotatable bonds is 4. The zero-order valence-corrected chi connectivity index (χ0v) is 14.5. The van der Waals surface area contributed by atoms with Gasteiger partial charge in [0.05, 0.1) is 12.0 Å². The number of aromatic amines is 1. The normalized spacial score (nSPS) is 18.5. The number of hydrogen-bond donors (Lipinski definition) is 1. The number of anilines is 1. The van der Waals surface area contributed by atoms with Crippen LogP contribution in [0.1, 0.15) is 37.3 Å². The van der Waals surface area contributed by atoms with Crippen LogP contribution in [0, 0.1) is 5.92 Å². The lowest BCUT2D eigenvalue weighted by molar-refractivity contribution is 0.333. The summed E-state index contributed by atoms with van der Waals surface area (Å²) >= 11 is 0.